The van der Waals surface area contributed by atoms with E-state index < -0.39 is 4.92 Å². The maximum Gasteiger partial charge on any atom is 0.271 e. The fraction of sp³-hybridized carbons (Fsp3) is 0.316. The average Bonchev–Trinajstić information content (AvgIpc) is 3.08. The molecule has 29 heavy (non-hydrogen) atoms. The topological polar surface area (TPSA) is 135 Å². The number of anilines is 1. The number of imidazole rings is 1. The largest absolute Gasteiger partial charge is 0.395 e. The SMILES string of the molecule is CCN(CCO)c1ccc(N=Nc2nc3cc([N+](=O)[O-])ccc3n2CCN)cc1. The van der Waals surface area contributed by atoms with Gasteiger partial charge in [0.15, 0.2) is 0 Å². The maximum absolute atomic E-state index is 11.0. The predicted octanol–water partition coefficient (Wildman–Crippen LogP) is 3.14. The number of hydrogen-bond donors (Lipinski definition) is 2. The van der Waals surface area contributed by atoms with Gasteiger partial charge < -0.3 is 20.3 Å². The molecule has 0 spiro atoms. The molecule has 10 nitrogen and oxygen atoms in total. The molecule has 3 aromatic rings. The molecule has 0 aliphatic carbocycles. The maximum atomic E-state index is 11.0. The van der Waals surface area contributed by atoms with Crippen molar-refractivity contribution >= 4 is 34.0 Å². The first-order chi connectivity index (χ1) is 14.1. The van der Waals surface area contributed by atoms with E-state index in [0.717, 1.165) is 12.2 Å². The molecule has 10 heteroatoms. The number of rotatable bonds is 9. The lowest BCUT2D eigenvalue weighted by Crippen LogP contribution is -2.25. The van der Waals surface area contributed by atoms with Crippen molar-refractivity contribution in [3.8, 4) is 0 Å². The molecule has 0 unspecified atom stereocenters. The van der Waals surface area contributed by atoms with Crippen LogP contribution in [-0.2, 0) is 6.54 Å². The number of benzene rings is 2. The van der Waals surface area contributed by atoms with Crippen LogP contribution in [0.25, 0.3) is 11.0 Å². The van der Waals surface area contributed by atoms with E-state index in [1.807, 2.05) is 31.2 Å². The van der Waals surface area contributed by atoms with Gasteiger partial charge in [-0.15, -0.1) is 10.2 Å². The van der Waals surface area contributed by atoms with Gasteiger partial charge in [-0.25, -0.2) is 4.98 Å². The molecule has 3 rings (SSSR count). The lowest BCUT2D eigenvalue weighted by molar-refractivity contribution is -0.384. The number of nitrogens with zero attached hydrogens (tertiary/aromatic N) is 6. The van der Waals surface area contributed by atoms with Gasteiger partial charge >= 0.3 is 0 Å². The molecule has 1 aromatic heterocycles. The molecule has 0 saturated carbocycles. The van der Waals surface area contributed by atoms with Crippen LogP contribution >= 0.6 is 0 Å². The van der Waals surface area contributed by atoms with Gasteiger partial charge in [0.1, 0.15) is 0 Å². The number of nitro benzene ring substituents is 1. The second-order valence-electron chi connectivity index (χ2n) is 6.30. The highest BCUT2D eigenvalue weighted by Crippen LogP contribution is 2.27. The Morgan fingerprint density at radius 2 is 2.00 bits per heavy atom. The van der Waals surface area contributed by atoms with Gasteiger partial charge in [-0.1, -0.05) is 0 Å². The minimum Gasteiger partial charge on any atom is -0.395 e. The van der Waals surface area contributed by atoms with Gasteiger partial charge in [0, 0.05) is 44.0 Å². The van der Waals surface area contributed by atoms with Crippen LogP contribution in [0.2, 0.25) is 0 Å². The predicted molar refractivity (Wildman–Crippen MR) is 111 cm³/mol. The Kier molecular flexibility index (Phi) is 6.47. The van der Waals surface area contributed by atoms with Gasteiger partial charge in [-0.3, -0.25) is 10.1 Å². The number of nitrogens with two attached hydrogens (primary N) is 1. The normalized spacial score (nSPS) is 11.4. The average molecular weight is 397 g/mol. The highest BCUT2D eigenvalue weighted by atomic mass is 16.6. The molecule has 0 fully saturated rings. The van der Waals surface area contributed by atoms with E-state index in [9.17, 15) is 10.1 Å². The van der Waals surface area contributed by atoms with Crippen LogP contribution in [0.15, 0.2) is 52.7 Å². The first-order valence-electron chi connectivity index (χ1n) is 9.29. The lowest BCUT2D eigenvalue weighted by Gasteiger charge is -2.21. The molecule has 0 bridgehead atoms. The van der Waals surface area contributed by atoms with Crippen molar-refractivity contribution < 1.29 is 10.0 Å². The number of aromatic nitrogens is 2. The third-order valence-electron chi connectivity index (χ3n) is 4.50. The molecule has 0 amide bonds. The molecule has 0 radical (unpaired) electrons. The van der Waals surface area contributed by atoms with E-state index >= 15 is 0 Å². The number of aliphatic hydroxyl groups is 1. The second kappa shape index (κ2) is 9.22. The standard InChI is InChI=1S/C19H23N7O3/c1-2-24(11-12-27)15-5-3-14(4-6-15)22-23-19-21-17-13-16(26(28)29)7-8-18(17)25(19)10-9-20/h3-8,13,27H,2,9-12,20H2,1H3. The Hall–Kier alpha value is -3.37. The monoisotopic (exact) mass is 397 g/mol. The Morgan fingerprint density at radius 3 is 2.62 bits per heavy atom. The van der Waals surface area contributed by atoms with E-state index in [4.69, 9.17) is 10.8 Å². The number of nitro groups is 1. The number of aliphatic hydroxyl groups excluding tert-OH is 1. The number of non-ortho nitro benzene ring substituents is 1. The third kappa shape index (κ3) is 4.55. The summed E-state index contributed by atoms with van der Waals surface area (Å²) in [4.78, 5) is 17.0. The summed E-state index contributed by atoms with van der Waals surface area (Å²) in [5, 5.41) is 28.6. The van der Waals surface area contributed by atoms with E-state index in [-0.39, 0.29) is 12.3 Å². The van der Waals surface area contributed by atoms with E-state index in [1.165, 1.54) is 12.1 Å². The van der Waals surface area contributed by atoms with Crippen LogP contribution in [0.4, 0.5) is 23.0 Å². The molecule has 1 heterocycles. The molecular formula is C19H23N7O3. The van der Waals surface area contributed by atoms with Crippen LogP contribution in [-0.4, -0.2) is 45.8 Å². The van der Waals surface area contributed by atoms with Crippen molar-refractivity contribution in [1.82, 2.24) is 9.55 Å². The highest BCUT2D eigenvalue weighted by molar-refractivity contribution is 5.80. The number of azo groups is 1. The summed E-state index contributed by atoms with van der Waals surface area (Å²) in [6, 6.07) is 12.0. The second-order valence-corrected chi connectivity index (χ2v) is 6.30. The summed E-state index contributed by atoms with van der Waals surface area (Å²) < 4.78 is 1.79. The van der Waals surface area contributed by atoms with E-state index in [0.29, 0.717) is 42.3 Å². The van der Waals surface area contributed by atoms with Gasteiger partial charge in [-0.2, -0.15) is 0 Å². The zero-order chi connectivity index (χ0) is 20.8. The van der Waals surface area contributed by atoms with Gasteiger partial charge in [-0.05, 0) is 37.3 Å². The van der Waals surface area contributed by atoms with Crippen molar-refractivity contribution in [2.75, 3.05) is 31.1 Å². The van der Waals surface area contributed by atoms with Crippen molar-refractivity contribution in [2.45, 2.75) is 13.5 Å². The molecule has 3 N–H and O–H groups in total. The van der Waals surface area contributed by atoms with Crippen LogP contribution in [0.1, 0.15) is 6.92 Å². The zero-order valence-corrected chi connectivity index (χ0v) is 16.1. The van der Waals surface area contributed by atoms with Crippen LogP contribution in [0.3, 0.4) is 0 Å². The van der Waals surface area contributed by atoms with E-state index in [1.54, 1.807) is 10.6 Å². The van der Waals surface area contributed by atoms with Crippen molar-refractivity contribution in [3.05, 3.63) is 52.6 Å². The fourth-order valence-electron chi connectivity index (χ4n) is 3.07. The van der Waals surface area contributed by atoms with Crippen LogP contribution < -0.4 is 10.6 Å². The van der Waals surface area contributed by atoms with Crippen molar-refractivity contribution in [2.24, 2.45) is 16.0 Å². The molecule has 152 valence electrons. The number of hydrogen-bond acceptors (Lipinski definition) is 8. The molecule has 0 atom stereocenters. The molecule has 0 saturated heterocycles. The minimum atomic E-state index is -0.458. The first kappa shape index (κ1) is 20.4. The van der Waals surface area contributed by atoms with E-state index in [2.05, 4.69) is 20.1 Å². The molecule has 0 aliphatic heterocycles. The minimum absolute atomic E-state index is 0.0302. The summed E-state index contributed by atoms with van der Waals surface area (Å²) >= 11 is 0. The fourth-order valence-corrected chi connectivity index (χ4v) is 3.07. The van der Waals surface area contributed by atoms with Gasteiger partial charge in [0.25, 0.3) is 11.6 Å². The summed E-state index contributed by atoms with van der Waals surface area (Å²) in [7, 11) is 0. The highest BCUT2D eigenvalue weighted by Gasteiger charge is 2.14. The first-order valence-corrected chi connectivity index (χ1v) is 9.29. The summed E-state index contributed by atoms with van der Waals surface area (Å²) in [5.41, 5.74) is 8.49. The van der Waals surface area contributed by atoms with Crippen LogP contribution in [0, 0.1) is 10.1 Å². The van der Waals surface area contributed by atoms with Gasteiger partial charge in [0.2, 0.25) is 0 Å². The Labute approximate surface area is 167 Å². The molecule has 0 aliphatic rings. The van der Waals surface area contributed by atoms with Crippen molar-refractivity contribution in [1.29, 1.82) is 0 Å². The number of likely N-dealkylation sites (N-methyl/N-ethyl adjacent to an activating group) is 1. The molecular weight excluding hydrogens is 374 g/mol. The van der Waals surface area contributed by atoms with Crippen LogP contribution in [0.5, 0.6) is 0 Å². The Balaban J connectivity index is 1.89. The number of fused-ring (bicyclic) bond motifs is 1. The van der Waals surface area contributed by atoms with Gasteiger partial charge in [0.05, 0.1) is 28.3 Å². The molecule has 2 aromatic carbocycles. The lowest BCUT2D eigenvalue weighted by atomic mass is 10.2. The quantitative estimate of drug-likeness (QED) is 0.323. The van der Waals surface area contributed by atoms with Crippen molar-refractivity contribution in [3.63, 3.8) is 0 Å². The zero-order valence-electron chi connectivity index (χ0n) is 16.1. The smallest absolute Gasteiger partial charge is 0.271 e. The summed E-state index contributed by atoms with van der Waals surface area (Å²) in [6.45, 7) is 4.30. The Morgan fingerprint density at radius 1 is 1.24 bits per heavy atom. The Bertz CT molecular complexity index is 1010. The third-order valence-corrected chi connectivity index (χ3v) is 4.50. The summed E-state index contributed by atoms with van der Waals surface area (Å²) in [5.74, 6) is 0.338. The summed E-state index contributed by atoms with van der Waals surface area (Å²) in [6.07, 6.45) is 0.